The maximum absolute atomic E-state index is 11.0. The van der Waals surface area contributed by atoms with Crippen molar-refractivity contribution in [1.29, 1.82) is 5.41 Å². The molecule has 2 N–H and O–H groups in total. The number of halogens is 1. The number of nitro groups is 1. The van der Waals surface area contributed by atoms with Gasteiger partial charge in [0.2, 0.25) is 0 Å². The van der Waals surface area contributed by atoms with E-state index in [2.05, 4.69) is 31.2 Å². The fourth-order valence-corrected chi connectivity index (χ4v) is 2.92. The van der Waals surface area contributed by atoms with Crippen LogP contribution in [0.4, 0.5) is 11.5 Å². The van der Waals surface area contributed by atoms with Gasteiger partial charge in [0.15, 0.2) is 0 Å². The summed E-state index contributed by atoms with van der Waals surface area (Å²) in [5.41, 5.74) is 1.71. The van der Waals surface area contributed by atoms with Gasteiger partial charge < -0.3 is 10.7 Å². The van der Waals surface area contributed by atoms with Crippen LogP contribution >= 0.6 is 15.9 Å². The molecule has 2 rings (SSSR count). The fourth-order valence-electron chi connectivity index (χ4n) is 2.55. The molecule has 0 fully saturated rings. The smallest absolute Gasteiger partial charge is 0.287 e. The van der Waals surface area contributed by atoms with Crippen LogP contribution in [-0.2, 0) is 12.8 Å². The third kappa shape index (κ3) is 5.32. The van der Waals surface area contributed by atoms with Crippen LogP contribution in [0.15, 0.2) is 35.1 Å². The summed E-state index contributed by atoms with van der Waals surface area (Å²) in [6.45, 7) is 2.03. The molecule has 2 heterocycles. The van der Waals surface area contributed by atoms with Crippen molar-refractivity contribution in [3.8, 4) is 0 Å². The summed E-state index contributed by atoms with van der Waals surface area (Å²) in [5, 5.41) is 21.7. The Labute approximate surface area is 154 Å². The zero-order chi connectivity index (χ0) is 18.2. The van der Waals surface area contributed by atoms with E-state index in [1.165, 1.54) is 12.4 Å². The Morgan fingerprint density at radius 2 is 2.28 bits per heavy atom. The molecule has 25 heavy (non-hydrogen) atoms. The molecule has 0 aromatic carbocycles. The van der Waals surface area contributed by atoms with E-state index in [0.717, 1.165) is 28.6 Å². The van der Waals surface area contributed by atoms with Crippen molar-refractivity contribution in [3.63, 3.8) is 0 Å². The van der Waals surface area contributed by atoms with Gasteiger partial charge in [-0.3, -0.25) is 15.1 Å². The van der Waals surface area contributed by atoms with Crippen molar-refractivity contribution >= 4 is 33.6 Å². The van der Waals surface area contributed by atoms with E-state index in [-0.39, 0.29) is 11.7 Å². The van der Waals surface area contributed by atoms with Crippen LogP contribution in [0.3, 0.4) is 0 Å². The van der Waals surface area contributed by atoms with Gasteiger partial charge in [-0.05, 0) is 46.3 Å². The minimum Gasteiger partial charge on any atom is -0.366 e. The first kappa shape index (κ1) is 19.0. The highest BCUT2D eigenvalue weighted by Crippen LogP contribution is 2.22. The van der Waals surface area contributed by atoms with E-state index in [9.17, 15) is 10.1 Å². The highest BCUT2D eigenvalue weighted by atomic mass is 79.9. The molecular formula is C17H20BrN5O2. The highest BCUT2D eigenvalue weighted by Gasteiger charge is 2.17. The van der Waals surface area contributed by atoms with E-state index >= 15 is 0 Å². The molecule has 2 aromatic heterocycles. The summed E-state index contributed by atoms with van der Waals surface area (Å²) in [7, 11) is 0. The van der Waals surface area contributed by atoms with E-state index in [1.807, 2.05) is 19.1 Å². The van der Waals surface area contributed by atoms with Crippen LogP contribution < -0.4 is 5.32 Å². The lowest BCUT2D eigenvalue weighted by molar-refractivity contribution is -0.385. The van der Waals surface area contributed by atoms with Crippen molar-refractivity contribution in [2.24, 2.45) is 0 Å². The Hall–Kier alpha value is -2.35. The predicted octanol–water partition coefficient (Wildman–Crippen LogP) is 4.16. The number of anilines is 1. The number of pyridine rings is 2. The number of nitrogens with zero attached hydrogens (tertiary/aromatic N) is 3. The lowest BCUT2D eigenvalue weighted by Crippen LogP contribution is -2.25. The molecule has 1 unspecified atom stereocenters. The second-order valence-electron chi connectivity index (χ2n) is 5.63. The number of aromatic nitrogens is 2. The Kier molecular flexibility index (Phi) is 7.00. The van der Waals surface area contributed by atoms with Gasteiger partial charge in [0, 0.05) is 36.8 Å². The molecule has 0 aliphatic carbocycles. The first-order valence-corrected chi connectivity index (χ1v) is 8.82. The second-order valence-corrected chi connectivity index (χ2v) is 6.48. The number of aryl methyl sites for hydroxylation is 1. The molecular weight excluding hydrogens is 386 g/mol. The first-order valence-electron chi connectivity index (χ1n) is 8.03. The van der Waals surface area contributed by atoms with Crippen LogP contribution in [0.2, 0.25) is 0 Å². The molecule has 0 saturated carbocycles. The van der Waals surface area contributed by atoms with Gasteiger partial charge in [0.1, 0.15) is 12.0 Å². The number of rotatable bonds is 9. The van der Waals surface area contributed by atoms with E-state index in [0.29, 0.717) is 18.7 Å². The summed E-state index contributed by atoms with van der Waals surface area (Å²) in [6.07, 6.45) is 7.02. The molecule has 0 bridgehead atoms. The van der Waals surface area contributed by atoms with Crippen LogP contribution in [0.1, 0.15) is 31.0 Å². The van der Waals surface area contributed by atoms with Crippen molar-refractivity contribution in [3.05, 3.63) is 56.4 Å². The zero-order valence-corrected chi connectivity index (χ0v) is 15.5. The third-order valence-electron chi connectivity index (χ3n) is 3.72. The van der Waals surface area contributed by atoms with Gasteiger partial charge >= 0.3 is 0 Å². The minimum atomic E-state index is -0.422. The average Bonchev–Trinajstić information content (AvgIpc) is 2.58. The second kappa shape index (κ2) is 9.22. The predicted molar refractivity (Wildman–Crippen MR) is 101 cm³/mol. The topological polar surface area (TPSA) is 105 Å². The third-order valence-corrected chi connectivity index (χ3v) is 4.36. The molecule has 8 heteroatoms. The van der Waals surface area contributed by atoms with Crippen LogP contribution in [0.25, 0.3) is 0 Å². The lowest BCUT2D eigenvalue weighted by atomic mass is 10.0. The molecule has 0 aliphatic heterocycles. The van der Waals surface area contributed by atoms with E-state index < -0.39 is 4.92 Å². The maximum atomic E-state index is 11.0. The quantitative estimate of drug-likeness (QED) is 0.370. The monoisotopic (exact) mass is 405 g/mol. The molecule has 0 spiro atoms. The Balaban J connectivity index is 2.24. The van der Waals surface area contributed by atoms with Crippen molar-refractivity contribution < 1.29 is 4.92 Å². The summed E-state index contributed by atoms with van der Waals surface area (Å²) in [6, 6.07) is 5.25. The van der Waals surface area contributed by atoms with Crippen molar-refractivity contribution in [2.75, 3.05) is 5.32 Å². The zero-order valence-electron chi connectivity index (χ0n) is 13.9. The minimum absolute atomic E-state index is 0.0104. The van der Waals surface area contributed by atoms with Crippen molar-refractivity contribution in [2.45, 2.75) is 38.6 Å². The van der Waals surface area contributed by atoms with Crippen molar-refractivity contribution in [1.82, 2.24) is 9.97 Å². The Bertz CT molecular complexity index is 754. The van der Waals surface area contributed by atoms with Gasteiger partial charge in [-0.1, -0.05) is 13.3 Å². The van der Waals surface area contributed by atoms with Gasteiger partial charge in [0.25, 0.3) is 5.69 Å². The number of hydrogen-bond acceptors (Lipinski definition) is 6. The van der Waals surface area contributed by atoms with Crippen LogP contribution in [-0.4, -0.2) is 27.1 Å². The standard InChI is InChI=1S/C17H20BrN5O2/c1-2-4-12-9-14(23(24)25)11-21-16(12)10-13(6-7-19)22-17-15(18)5-3-8-20-17/h3,5,7-9,11,13,19H,2,4,6,10H2,1H3,(H,20,22). The molecule has 0 aliphatic rings. The summed E-state index contributed by atoms with van der Waals surface area (Å²) in [4.78, 5) is 19.2. The largest absolute Gasteiger partial charge is 0.366 e. The molecule has 0 amide bonds. The van der Waals surface area contributed by atoms with E-state index in [1.54, 1.807) is 12.3 Å². The molecule has 7 nitrogen and oxygen atoms in total. The van der Waals surface area contributed by atoms with Gasteiger partial charge in [-0.25, -0.2) is 4.98 Å². The molecule has 0 saturated heterocycles. The maximum Gasteiger partial charge on any atom is 0.287 e. The van der Waals surface area contributed by atoms with Crippen LogP contribution in [0.5, 0.6) is 0 Å². The molecule has 0 radical (unpaired) electrons. The number of hydrogen-bond donors (Lipinski definition) is 2. The van der Waals surface area contributed by atoms with Gasteiger partial charge in [0.05, 0.1) is 9.40 Å². The normalized spacial score (nSPS) is 11.8. The summed E-state index contributed by atoms with van der Waals surface area (Å²) >= 11 is 3.45. The first-order chi connectivity index (χ1) is 12.0. The molecule has 2 aromatic rings. The lowest BCUT2D eigenvalue weighted by Gasteiger charge is -2.19. The van der Waals surface area contributed by atoms with Gasteiger partial charge in [-0.15, -0.1) is 0 Å². The van der Waals surface area contributed by atoms with Gasteiger partial charge in [-0.2, -0.15) is 0 Å². The number of nitrogens with one attached hydrogen (secondary N) is 2. The molecule has 1 atom stereocenters. The Morgan fingerprint density at radius 1 is 1.48 bits per heavy atom. The summed E-state index contributed by atoms with van der Waals surface area (Å²) in [5.74, 6) is 0.702. The highest BCUT2D eigenvalue weighted by molar-refractivity contribution is 9.10. The average molecular weight is 406 g/mol. The fraction of sp³-hybridized carbons (Fsp3) is 0.353. The summed E-state index contributed by atoms with van der Waals surface area (Å²) < 4.78 is 0.843. The Morgan fingerprint density at radius 3 is 2.92 bits per heavy atom. The van der Waals surface area contributed by atoms with Crippen LogP contribution in [0, 0.1) is 15.5 Å². The van der Waals surface area contributed by atoms with E-state index in [4.69, 9.17) is 5.41 Å². The SMILES string of the molecule is CCCc1cc([N+](=O)[O-])cnc1CC(CC=N)Nc1ncccc1Br. The molecule has 132 valence electrons.